The Morgan fingerprint density at radius 1 is 1.14 bits per heavy atom. The molecule has 2 aliphatic rings. The monoisotopic (exact) mass is 287 g/mol. The van der Waals surface area contributed by atoms with Gasteiger partial charge in [-0.25, -0.2) is 0 Å². The van der Waals surface area contributed by atoms with Crippen LogP contribution in [0.25, 0.3) is 11.7 Å². The van der Waals surface area contributed by atoms with E-state index in [0.29, 0.717) is 23.6 Å². The number of fused-ring (bicyclic) bond motifs is 1. The first-order chi connectivity index (χ1) is 10.4. The summed E-state index contributed by atoms with van der Waals surface area (Å²) in [7, 11) is 0. The molecule has 2 unspecified atom stereocenters. The first-order valence-electron chi connectivity index (χ1n) is 8.00. The molecule has 1 aliphatic heterocycles. The number of hydrogen-bond donors (Lipinski definition) is 0. The number of nitrogens with zero attached hydrogens (tertiary/aromatic N) is 3. The molecule has 112 valence electrons. The van der Waals surface area contributed by atoms with Gasteiger partial charge in [-0.05, 0) is 50.3 Å². The minimum absolute atomic E-state index is 0.479. The third-order valence-corrected chi connectivity index (χ3v) is 4.90. The van der Waals surface area contributed by atoms with Crippen LogP contribution < -0.4 is 0 Å². The second-order valence-electron chi connectivity index (χ2n) is 6.20. The van der Waals surface area contributed by atoms with Crippen LogP contribution in [0.15, 0.2) is 27.2 Å². The van der Waals surface area contributed by atoms with E-state index in [-0.39, 0.29) is 0 Å². The van der Waals surface area contributed by atoms with Crippen molar-refractivity contribution in [2.75, 3.05) is 6.54 Å². The SMILES string of the molecule is c1coc(-c2nnc(CN3CCCC4CCCCC43)o2)c1. The van der Waals surface area contributed by atoms with E-state index >= 15 is 0 Å². The quantitative estimate of drug-likeness (QED) is 0.865. The van der Waals surface area contributed by atoms with Crippen molar-refractivity contribution in [1.82, 2.24) is 15.1 Å². The van der Waals surface area contributed by atoms with Crippen molar-refractivity contribution >= 4 is 0 Å². The summed E-state index contributed by atoms with van der Waals surface area (Å²) in [6.45, 7) is 1.93. The molecule has 1 saturated heterocycles. The molecule has 4 rings (SSSR count). The number of likely N-dealkylation sites (tertiary alicyclic amines) is 1. The Balaban J connectivity index is 1.47. The molecule has 1 aliphatic carbocycles. The summed E-state index contributed by atoms with van der Waals surface area (Å²) in [4.78, 5) is 2.55. The molecule has 2 fully saturated rings. The summed E-state index contributed by atoms with van der Waals surface area (Å²) in [5, 5.41) is 8.28. The molecular formula is C16H21N3O2. The molecule has 0 aromatic carbocycles. The van der Waals surface area contributed by atoms with Crippen molar-refractivity contribution in [3.8, 4) is 11.7 Å². The van der Waals surface area contributed by atoms with Crippen LogP contribution in [-0.4, -0.2) is 27.7 Å². The molecule has 0 N–H and O–H groups in total. The van der Waals surface area contributed by atoms with Crippen molar-refractivity contribution in [1.29, 1.82) is 0 Å². The summed E-state index contributed by atoms with van der Waals surface area (Å²) in [6, 6.07) is 4.39. The first kappa shape index (κ1) is 13.1. The lowest BCUT2D eigenvalue weighted by atomic mass is 9.78. The van der Waals surface area contributed by atoms with E-state index in [2.05, 4.69) is 15.1 Å². The van der Waals surface area contributed by atoms with Gasteiger partial charge in [-0.1, -0.05) is 12.8 Å². The number of hydrogen-bond acceptors (Lipinski definition) is 5. The van der Waals surface area contributed by atoms with E-state index < -0.39 is 0 Å². The lowest BCUT2D eigenvalue weighted by molar-refractivity contribution is 0.0482. The Morgan fingerprint density at radius 2 is 2.05 bits per heavy atom. The minimum Gasteiger partial charge on any atom is -0.459 e. The predicted octanol–water partition coefficient (Wildman–Crippen LogP) is 3.48. The predicted molar refractivity (Wildman–Crippen MR) is 77.4 cm³/mol. The van der Waals surface area contributed by atoms with E-state index in [4.69, 9.17) is 8.83 Å². The molecule has 0 amide bonds. The van der Waals surface area contributed by atoms with Gasteiger partial charge in [-0.3, -0.25) is 4.90 Å². The lowest BCUT2D eigenvalue weighted by Crippen LogP contribution is -2.46. The van der Waals surface area contributed by atoms with Crippen molar-refractivity contribution in [2.45, 2.75) is 51.1 Å². The summed E-state index contributed by atoms with van der Waals surface area (Å²) < 4.78 is 11.1. The maximum absolute atomic E-state index is 5.75. The van der Waals surface area contributed by atoms with Crippen LogP contribution in [0.1, 0.15) is 44.4 Å². The lowest BCUT2D eigenvalue weighted by Gasteiger charge is -2.43. The van der Waals surface area contributed by atoms with Crippen LogP contribution in [0, 0.1) is 5.92 Å². The van der Waals surface area contributed by atoms with E-state index in [0.717, 1.165) is 19.0 Å². The van der Waals surface area contributed by atoms with Gasteiger partial charge in [-0.15, -0.1) is 10.2 Å². The van der Waals surface area contributed by atoms with Crippen LogP contribution in [0.3, 0.4) is 0 Å². The summed E-state index contributed by atoms with van der Waals surface area (Å²) in [6.07, 6.45) is 9.78. The molecule has 21 heavy (non-hydrogen) atoms. The zero-order chi connectivity index (χ0) is 14.1. The normalized spacial score (nSPS) is 26.7. The Bertz CT molecular complexity index is 576. The van der Waals surface area contributed by atoms with Crippen LogP contribution in [-0.2, 0) is 6.54 Å². The highest BCUT2D eigenvalue weighted by Crippen LogP contribution is 2.35. The number of rotatable bonds is 3. The van der Waals surface area contributed by atoms with Gasteiger partial charge in [-0.2, -0.15) is 0 Å². The molecule has 2 aromatic rings. The summed E-state index contributed by atoms with van der Waals surface area (Å²) in [5.41, 5.74) is 0. The first-order valence-corrected chi connectivity index (χ1v) is 8.00. The molecule has 2 aromatic heterocycles. The standard InChI is InChI=1S/C16H21N3O2/c1-2-7-13-12(5-1)6-3-9-19(13)11-15-17-18-16(21-15)14-8-4-10-20-14/h4,8,10,12-13H,1-3,5-7,9,11H2. The van der Waals surface area contributed by atoms with Crippen molar-refractivity contribution < 1.29 is 8.83 Å². The van der Waals surface area contributed by atoms with Gasteiger partial charge in [0.15, 0.2) is 5.76 Å². The fourth-order valence-electron chi connectivity index (χ4n) is 3.92. The Hall–Kier alpha value is -1.62. The van der Waals surface area contributed by atoms with Gasteiger partial charge in [0.1, 0.15) is 0 Å². The zero-order valence-electron chi connectivity index (χ0n) is 12.2. The van der Waals surface area contributed by atoms with E-state index in [1.54, 1.807) is 6.26 Å². The third-order valence-electron chi connectivity index (χ3n) is 4.90. The van der Waals surface area contributed by atoms with Gasteiger partial charge in [0.05, 0.1) is 12.8 Å². The minimum atomic E-state index is 0.479. The summed E-state index contributed by atoms with van der Waals surface area (Å²) in [5.74, 6) is 2.70. The van der Waals surface area contributed by atoms with E-state index in [1.165, 1.54) is 38.5 Å². The number of furan rings is 1. The molecule has 0 bridgehead atoms. The maximum Gasteiger partial charge on any atom is 0.283 e. The number of aromatic nitrogens is 2. The highest BCUT2D eigenvalue weighted by atomic mass is 16.4. The summed E-state index contributed by atoms with van der Waals surface area (Å²) >= 11 is 0. The zero-order valence-corrected chi connectivity index (χ0v) is 12.2. The molecule has 1 saturated carbocycles. The van der Waals surface area contributed by atoms with Crippen LogP contribution in [0.2, 0.25) is 0 Å². The second kappa shape index (κ2) is 5.64. The van der Waals surface area contributed by atoms with Crippen molar-refractivity contribution in [2.24, 2.45) is 5.92 Å². The van der Waals surface area contributed by atoms with Gasteiger partial charge >= 0.3 is 0 Å². The second-order valence-corrected chi connectivity index (χ2v) is 6.20. The van der Waals surface area contributed by atoms with Gasteiger partial charge in [0.2, 0.25) is 5.89 Å². The van der Waals surface area contributed by atoms with Crippen LogP contribution in [0.5, 0.6) is 0 Å². The van der Waals surface area contributed by atoms with Crippen molar-refractivity contribution in [3.05, 3.63) is 24.3 Å². The molecule has 0 spiro atoms. The Labute approximate surface area is 124 Å². The van der Waals surface area contributed by atoms with Gasteiger partial charge in [0, 0.05) is 6.04 Å². The fraction of sp³-hybridized carbons (Fsp3) is 0.625. The maximum atomic E-state index is 5.75. The van der Waals surface area contributed by atoms with Crippen LogP contribution in [0.4, 0.5) is 0 Å². The molecule has 2 atom stereocenters. The van der Waals surface area contributed by atoms with Crippen LogP contribution >= 0.6 is 0 Å². The highest BCUT2D eigenvalue weighted by Gasteiger charge is 2.33. The largest absolute Gasteiger partial charge is 0.459 e. The Kier molecular flexibility index (Phi) is 3.51. The average Bonchev–Trinajstić information content (AvgIpc) is 3.18. The van der Waals surface area contributed by atoms with E-state index in [1.807, 2.05) is 12.1 Å². The topological polar surface area (TPSA) is 55.3 Å². The number of piperidine rings is 1. The molecule has 0 radical (unpaired) electrons. The average molecular weight is 287 g/mol. The molecule has 5 heteroatoms. The molecule has 3 heterocycles. The van der Waals surface area contributed by atoms with Gasteiger partial charge in [0.25, 0.3) is 5.89 Å². The van der Waals surface area contributed by atoms with Gasteiger partial charge < -0.3 is 8.83 Å². The Morgan fingerprint density at radius 3 is 2.95 bits per heavy atom. The fourth-order valence-corrected chi connectivity index (χ4v) is 3.92. The molecule has 5 nitrogen and oxygen atoms in total. The third kappa shape index (κ3) is 2.62. The highest BCUT2D eigenvalue weighted by molar-refractivity contribution is 5.42. The van der Waals surface area contributed by atoms with E-state index in [9.17, 15) is 0 Å². The van der Waals surface area contributed by atoms with Crippen molar-refractivity contribution in [3.63, 3.8) is 0 Å². The smallest absolute Gasteiger partial charge is 0.283 e. The molecular weight excluding hydrogens is 266 g/mol.